The van der Waals surface area contributed by atoms with E-state index in [9.17, 15) is 0 Å². The molecule has 0 unspecified atom stereocenters. The summed E-state index contributed by atoms with van der Waals surface area (Å²) < 4.78 is 1.06. The molecule has 0 atom stereocenters. The normalized spacial score (nSPS) is 16.6. The van der Waals surface area contributed by atoms with Gasteiger partial charge in [-0.25, -0.2) is 4.98 Å². The summed E-state index contributed by atoms with van der Waals surface area (Å²) in [5, 5.41) is 0. The molecule has 2 rings (SSSR count). The minimum absolute atomic E-state index is 0.616. The lowest BCUT2D eigenvalue weighted by Gasteiger charge is -2.30. The Labute approximate surface area is 110 Å². The van der Waals surface area contributed by atoms with Crippen molar-refractivity contribution in [2.75, 3.05) is 17.3 Å². The van der Waals surface area contributed by atoms with Crippen LogP contribution in [0.2, 0.25) is 0 Å². The summed E-state index contributed by atoms with van der Waals surface area (Å²) in [7, 11) is 0. The number of anilines is 1. The van der Waals surface area contributed by atoms with Gasteiger partial charge in [-0.05, 0) is 40.9 Å². The molecule has 88 valence electrons. The first kappa shape index (κ1) is 12.2. The van der Waals surface area contributed by atoms with Crippen molar-refractivity contribution in [2.45, 2.75) is 31.7 Å². The molecule has 2 nitrogen and oxygen atoms in total. The number of nitrogens with zero attached hydrogens (tertiary/aromatic N) is 2. The second-order valence-corrected chi connectivity index (χ2v) is 5.36. The predicted molar refractivity (Wildman–Crippen MR) is 72.3 cm³/mol. The van der Waals surface area contributed by atoms with Crippen LogP contribution in [0.5, 0.6) is 0 Å². The zero-order chi connectivity index (χ0) is 11.4. The van der Waals surface area contributed by atoms with Crippen molar-refractivity contribution in [3.05, 3.63) is 22.8 Å². The highest BCUT2D eigenvalue weighted by Gasteiger charge is 2.24. The van der Waals surface area contributed by atoms with E-state index in [1.807, 2.05) is 18.3 Å². The molecule has 1 saturated carbocycles. The van der Waals surface area contributed by atoms with Crippen LogP contribution in [0.25, 0.3) is 0 Å². The zero-order valence-electron chi connectivity index (χ0n) is 9.20. The number of aromatic nitrogens is 1. The molecule has 0 bridgehead atoms. The summed E-state index contributed by atoms with van der Waals surface area (Å²) in [5.74, 6) is 1.69. The second-order valence-electron chi connectivity index (χ2n) is 4.13. The Hall–Kier alpha value is -0.280. The zero-order valence-corrected chi connectivity index (χ0v) is 11.5. The van der Waals surface area contributed by atoms with Crippen molar-refractivity contribution < 1.29 is 0 Å². The fourth-order valence-electron chi connectivity index (χ4n) is 2.36. The van der Waals surface area contributed by atoms with Crippen LogP contribution < -0.4 is 4.90 Å². The van der Waals surface area contributed by atoms with E-state index in [2.05, 4.69) is 25.8 Å². The first-order valence-corrected chi connectivity index (χ1v) is 7.09. The molecule has 0 spiro atoms. The summed E-state index contributed by atoms with van der Waals surface area (Å²) >= 11 is 9.46. The molecule has 1 aromatic rings. The molecule has 1 aliphatic carbocycles. The van der Waals surface area contributed by atoms with Crippen LogP contribution >= 0.6 is 27.5 Å². The van der Waals surface area contributed by atoms with Crippen molar-refractivity contribution in [2.24, 2.45) is 0 Å². The van der Waals surface area contributed by atoms with Crippen LogP contribution in [0.1, 0.15) is 25.7 Å². The van der Waals surface area contributed by atoms with Gasteiger partial charge in [0.1, 0.15) is 5.82 Å². The fourth-order valence-corrected chi connectivity index (χ4v) is 3.02. The molecule has 0 N–H and O–H groups in total. The molecular weight excluding hydrogens is 288 g/mol. The summed E-state index contributed by atoms with van der Waals surface area (Å²) in [6.07, 6.45) is 7.03. The number of alkyl halides is 1. The topological polar surface area (TPSA) is 16.1 Å². The second kappa shape index (κ2) is 5.87. The standard InChI is InChI=1S/C12H16BrClN2/c13-11-6-3-8-15-12(11)16(9-7-14)10-4-1-2-5-10/h3,6,8,10H,1-2,4-5,7,9H2. The molecule has 0 radical (unpaired) electrons. The molecule has 0 saturated heterocycles. The van der Waals surface area contributed by atoms with Crippen molar-refractivity contribution >= 4 is 33.3 Å². The van der Waals surface area contributed by atoms with Crippen molar-refractivity contribution in [3.63, 3.8) is 0 Å². The smallest absolute Gasteiger partial charge is 0.143 e. The third kappa shape index (κ3) is 2.69. The Morgan fingerprint density at radius 2 is 2.19 bits per heavy atom. The van der Waals surface area contributed by atoms with E-state index in [0.717, 1.165) is 16.8 Å². The van der Waals surface area contributed by atoms with E-state index in [0.29, 0.717) is 11.9 Å². The number of halogens is 2. The van der Waals surface area contributed by atoms with E-state index >= 15 is 0 Å². The maximum absolute atomic E-state index is 5.89. The Balaban J connectivity index is 2.21. The largest absolute Gasteiger partial charge is 0.352 e. The summed E-state index contributed by atoms with van der Waals surface area (Å²) in [6, 6.07) is 4.60. The van der Waals surface area contributed by atoms with Crippen molar-refractivity contribution in [3.8, 4) is 0 Å². The van der Waals surface area contributed by atoms with Crippen LogP contribution in [0.4, 0.5) is 5.82 Å². The number of hydrogen-bond donors (Lipinski definition) is 0. The van der Waals surface area contributed by atoms with Gasteiger partial charge in [-0.1, -0.05) is 12.8 Å². The van der Waals surface area contributed by atoms with E-state index in [1.165, 1.54) is 25.7 Å². The Morgan fingerprint density at radius 3 is 2.81 bits per heavy atom. The monoisotopic (exact) mass is 302 g/mol. The lowest BCUT2D eigenvalue weighted by molar-refractivity contribution is 0.613. The average Bonchev–Trinajstić information content (AvgIpc) is 2.80. The quantitative estimate of drug-likeness (QED) is 0.786. The molecule has 0 aliphatic heterocycles. The third-order valence-corrected chi connectivity index (χ3v) is 3.89. The molecule has 1 aromatic heterocycles. The summed E-state index contributed by atoms with van der Waals surface area (Å²) in [6.45, 7) is 0.877. The first-order valence-electron chi connectivity index (χ1n) is 5.76. The van der Waals surface area contributed by atoms with Crippen LogP contribution in [0, 0.1) is 0 Å². The van der Waals surface area contributed by atoms with Gasteiger partial charge in [0.2, 0.25) is 0 Å². The van der Waals surface area contributed by atoms with E-state index < -0.39 is 0 Å². The third-order valence-electron chi connectivity index (χ3n) is 3.10. The van der Waals surface area contributed by atoms with Crippen molar-refractivity contribution in [1.29, 1.82) is 0 Å². The van der Waals surface area contributed by atoms with E-state index in [4.69, 9.17) is 11.6 Å². The molecule has 16 heavy (non-hydrogen) atoms. The Morgan fingerprint density at radius 1 is 1.44 bits per heavy atom. The van der Waals surface area contributed by atoms with Gasteiger partial charge in [0, 0.05) is 24.7 Å². The van der Waals surface area contributed by atoms with Gasteiger partial charge in [0.05, 0.1) is 4.47 Å². The minimum Gasteiger partial charge on any atom is -0.352 e. The first-order chi connectivity index (χ1) is 7.83. The van der Waals surface area contributed by atoms with Gasteiger partial charge < -0.3 is 4.90 Å². The van der Waals surface area contributed by atoms with Gasteiger partial charge in [0.25, 0.3) is 0 Å². The van der Waals surface area contributed by atoms with Crippen LogP contribution in [-0.2, 0) is 0 Å². The highest BCUT2D eigenvalue weighted by atomic mass is 79.9. The average molecular weight is 304 g/mol. The van der Waals surface area contributed by atoms with Gasteiger partial charge in [0.15, 0.2) is 0 Å². The van der Waals surface area contributed by atoms with E-state index in [1.54, 1.807) is 0 Å². The van der Waals surface area contributed by atoms with Crippen LogP contribution in [0.15, 0.2) is 22.8 Å². The summed E-state index contributed by atoms with van der Waals surface area (Å²) in [4.78, 5) is 6.81. The predicted octanol–water partition coefficient (Wildman–Crippen LogP) is 3.83. The molecule has 1 fully saturated rings. The Bertz CT molecular complexity index is 340. The van der Waals surface area contributed by atoms with Gasteiger partial charge in [-0.3, -0.25) is 0 Å². The minimum atomic E-state index is 0.616. The molecule has 4 heteroatoms. The van der Waals surface area contributed by atoms with Gasteiger partial charge in [-0.15, -0.1) is 11.6 Å². The molecule has 0 amide bonds. The maximum Gasteiger partial charge on any atom is 0.143 e. The SMILES string of the molecule is ClCCN(c1ncccc1Br)C1CCCC1. The number of rotatable bonds is 4. The molecular formula is C12H16BrClN2. The summed E-state index contributed by atoms with van der Waals surface area (Å²) in [5.41, 5.74) is 0. The number of pyridine rings is 1. The van der Waals surface area contributed by atoms with Crippen molar-refractivity contribution in [1.82, 2.24) is 4.98 Å². The highest BCUT2D eigenvalue weighted by molar-refractivity contribution is 9.10. The lowest BCUT2D eigenvalue weighted by atomic mass is 10.2. The van der Waals surface area contributed by atoms with E-state index in [-0.39, 0.29) is 0 Å². The lowest BCUT2D eigenvalue weighted by Crippen LogP contribution is -2.35. The molecule has 0 aromatic carbocycles. The van der Waals surface area contributed by atoms with Crippen LogP contribution in [-0.4, -0.2) is 23.5 Å². The Kier molecular flexibility index (Phi) is 4.47. The molecule has 1 heterocycles. The maximum atomic E-state index is 5.89. The molecule has 1 aliphatic rings. The van der Waals surface area contributed by atoms with Gasteiger partial charge in [-0.2, -0.15) is 0 Å². The van der Waals surface area contributed by atoms with Gasteiger partial charge >= 0.3 is 0 Å². The highest BCUT2D eigenvalue weighted by Crippen LogP contribution is 2.31. The fraction of sp³-hybridized carbons (Fsp3) is 0.583. The van der Waals surface area contributed by atoms with Crippen LogP contribution in [0.3, 0.4) is 0 Å². The number of hydrogen-bond acceptors (Lipinski definition) is 2.